The fourth-order valence-corrected chi connectivity index (χ4v) is 1.74. The van der Waals surface area contributed by atoms with Crippen LogP contribution in [0.2, 0.25) is 0 Å². The third-order valence-corrected chi connectivity index (χ3v) is 3.14. The number of halogens is 4. The minimum Gasteiger partial charge on any atom is -0.322 e. The number of aromatic nitrogens is 2. The Morgan fingerprint density at radius 2 is 1.76 bits per heavy atom. The second kappa shape index (κ2) is 4.18. The number of hydrogen-bond acceptors (Lipinski definition) is 1. The van der Waals surface area contributed by atoms with Gasteiger partial charge in [-0.25, -0.2) is 4.98 Å². The molecule has 0 aliphatic heterocycles. The van der Waals surface area contributed by atoms with Crippen LogP contribution in [-0.2, 0) is 13.2 Å². The molecule has 0 fully saturated rings. The Morgan fingerprint density at radius 3 is 2.18 bits per heavy atom. The lowest BCUT2D eigenvalue weighted by Gasteiger charge is -2.07. The molecule has 1 aromatic heterocycles. The second-order valence-corrected chi connectivity index (χ2v) is 4.35. The van der Waals surface area contributed by atoms with Gasteiger partial charge in [0.25, 0.3) is 0 Å². The summed E-state index contributed by atoms with van der Waals surface area (Å²) in [6.07, 6.45) is -2.70. The first-order chi connectivity index (χ1) is 7.89. The highest BCUT2D eigenvalue weighted by molar-refractivity contribution is 9.10. The van der Waals surface area contributed by atoms with Crippen molar-refractivity contribution in [2.45, 2.75) is 6.18 Å². The van der Waals surface area contributed by atoms with Crippen molar-refractivity contribution >= 4 is 15.9 Å². The molecule has 0 atom stereocenters. The Kier molecular flexibility index (Phi) is 2.99. The summed E-state index contributed by atoms with van der Waals surface area (Å²) in [4.78, 5) is 4.11. The van der Waals surface area contributed by atoms with Gasteiger partial charge in [0.1, 0.15) is 10.4 Å². The molecule has 0 radical (unpaired) electrons. The molecule has 1 aromatic carbocycles. The SMILES string of the molecule is Cn1c(Br)cnc1-c1ccc(C(F)(F)F)cc1. The van der Waals surface area contributed by atoms with Crippen LogP contribution in [0.5, 0.6) is 0 Å². The van der Waals surface area contributed by atoms with Crippen LogP contribution in [0.3, 0.4) is 0 Å². The highest BCUT2D eigenvalue weighted by Gasteiger charge is 2.30. The van der Waals surface area contributed by atoms with Gasteiger partial charge in [-0.1, -0.05) is 12.1 Å². The molecule has 6 heteroatoms. The lowest BCUT2D eigenvalue weighted by molar-refractivity contribution is -0.137. The minimum absolute atomic E-state index is 0.616. The topological polar surface area (TPSA) is 17.8 Å². The van der Waals surface area contributed by atoms with E-state index in [0.717, 1.165) is 16.7 Å². The van der Waals surface area contributed by atoms with Gasteiger partial charge in [-0.2, -0.15) is 13.2 Å². The normalized spacial score (nSPS) is 11.8. The van der Waals surface area contributed by atoms with Crippen molar-refractivity contribution in [2.24, 2.45) is 7.05 Å². The summed E-state index contributed by atoms with van der Waals surface area (Å²) < 4.78 is 39.7. The predicted molar refractivity (Wildman–Crippen MR) is 61.3 cm³/mol. The summed E-state index contributed by atoms with van der Waals surface area (Å²) >= 11 is 3.28. The van der Waals surface area contributed by atoms with Crippen molar-refractivity contribution in [2.75, 3.05) is 0 Å². The average Bonchev–Trinajstić information content (AvgIpc) is 2.59. The number of nitrogens with zero attached hydrogens (tertiary/aromatic N) is 2. The predicted octanol–water partition coefficient (Wildman–Crippen LogP) is 3.87. The molecule has 0 N–H and O–H groups in total. The van der Waals surface area contributed by atoms with Crippen molar-refractivity contribution in [3.63, 3.8) is 0 Å². The Hall–Kier alpha value is -1.30. The first-order valence-electron chi connectivity index (χ1n) is 4.74. The number of imidazole rings is 1. The van der Waals surface area contributed by atoms with Gasteiger partial charge in [-0.15, -0.1) is 0 Å². The summed E-state index contributed by atoms with van der Waals surface area (Å²) in [5.41, 5.74) is -0.0132. The maximum absolute atomic E-state index is 12.4. The average molecular weight is 305 g/mol. The molecule has 0 amide bonds. The van der Waals surface area contributed by atoms with Crippen molar-refractivity contribution in [3.05, 3.63) is 40.6 Å². The first-order valence-corrected chi connectivity index (χ1v) is 5.54. The fourth-order valence-electron chi connectivity index (χ4n) is 1.47. The number of benzene rings is 1. The van der Waals surface area contributed by atoms with Crippen LogP contribution in [0.1, 0.15) is 5.56 Å². The van der Waals surface area contributed by atoms with Gasteiger partial charge >= 0.3 is 6.18 Å². The van der Waals surface area contributed by atoms with Crippen LogP contribution in [0, 0.1) is 0 Å². The van der Waals surface area contributed by atoms with Gasteiger partial charge < -0.3 is 4.57 Å². The highest BCUT2D eigenvalue weighted by Crippen LogP contribution is 2.31. The van der Waals surface area contributed by atoms with E-state index in [1.54, 1.807) is 17.8 Å². The van der Waals surface area contributed by atoms with Gasteiger partial charge in [-0.05, 0) is 28.1 Å². The smallest absolute Gasteiger partial charge is 0.322 e. The Balaban J connectivity index is 2.40. The highest BCUT2D eigenvalue weighted by atomic mass is 79.9. The van der Waals surface area contributed by atoms with E-state index < -0.39 is 11.7 Å². The van der Waals surface area contributed by atoms with Crippen molar-refractivity contribution in [3.8, 4) is 11.4 Å². The molecule has 17 heavy (non-hydrogen) atoms. The van der Waals surface area contributed by atoms with Crippen LogP contribution >= 0.6 is 15.9 Å². The van der Waals surface area contributed by atoms with Crippen LogP contribution < -0.4 is 0 Å². The molecule has 0 aliphatic carbocycles. The monoisotopic (exact) mass is 304 g/mol. The summed E-state index contributed by atoms with van der Waals surface area (Å²) in [5, 5.41) is 0. The van der Waals surface area contributed by atoms with Crippen molar-refractivity contribution in [1.29, 1.82) is 0 Å². The molecule has 0 unspecified atom stereocenters. The molecule has 1 heterocycles. The molecule has 90 valence electrons. The largest absolute Gasteiger partial charge is 0.416 e. The van der Waals surface area contributed by atoms with E-state index >= 15 is 0 Å². The van der Waals surface area contributed by atoms with Crippen LogP contribution in [-0.4, -0.2) is 9.55 Å². The zero-order valence-corrected chi connectivity index (χ0v) is 10.4. The Labute approximate surface area is 104 Å². The van der Waals surface area contributed by atoms with Crippen LogP contribution in [0.15, 0.2) is 35.1 Å². The quantitative estimate of drug-likeness (QED) is 0.782. The van der Waals surface area contributed by atoms with Gasteiger partial charge in [0.05, 0.1) is 11.8 Å². The van der Waals surface area contributed by atoms with Crippen molar-refractivity contribution < 1.29 is 13.2 Å². The minimum atomic E-state index is -4.30. The lowest BCUT2D eigenvalue weighted by Crippen LogP contribution is -2.04. The molecule has 0 bridgehead atoms. The summed E-state index contributed by atoms with van der Waals surface area (Å²) in [6, 6.07) is 4.94. The number of rotatable bonds is 1. The standard InChI is InChI=1S/C11H8BrF3N2/c1-17-9(12)6-16-10(17)7-2-4-8(5-3-7)11(13,14)15/h2-6H,1H3. The third-order valence-electron chi connectivity index (χ3n) is 2.40. The van der Waals surface area contributed by atoms with E-state index in [1.165, 1.54) is 12.1 Å². The Bertz CT molecular complexity index is 529. The zero-order valence-electron chi connectivity index (χ0n) is 8.79. The van der Waals surface area contributed by atoms with Gasteiger partial charge in [0, 0.05) is 12.6 Å². The summed E-state index contributed by atoms with van der Waals surface area (Å²) in [7, 11) is 1.78. The molecule has 0 saturated heterocycles. The van der Waals surface area contributed by atoms with Crippen LogP contribution in [0.4, 0.5) is 13.2 Å². The molecule has 2 rings (SSSR count). The van der Waals surface area contributed by atoms with Crippen LogP contribution in [0.25, 0.3) is 11.4 Å². The van der Waals surface area contributed by atoms with Crippen molar-refractivity contribution in [1.82, 2.24) is 9.55 Å². The lowest BCUT2D eigenvalue weighted by atomic mass is 10.1. The molecule has 0 aliphatic rings. The van der Waals surface area contributed by atoms with E-state index in [0.29, 0.717) is 11.4 Å². The van der Waals surface area contributed by atoms with E-state index in [9.17, 15) is 13.2 Å². The van der Waals surface area contributed by atoms with Gasteiger partial charge in [0.2, 0.25) is 0 Å². The van der Waals surface area contributed by atoms with E-state index in [1.807, 2.05) is 0 Å². The Morgan fingerprint density at radius 1 is 1.18 bits per heavy atom. The van der Waals surface area contributed by atoms with E-state index in [4.69, 9.17) is 0 Å². The van der Waals surface area contributed by atoms with Gasteiger partial charge in [0.15, 0.2) is 0 Å². The maximum atomic E-state index is 12.4. The fraction of sp³-hybridized carbons (Fsp3) is 0.182. The maximum Gasteiger partial charge on any atom is 0.416 e. The number of alkyl halides is 3. The van der Waals surface area contributed by atoms with E-state index in [2.05, 4.69) is 20.9 Å². The van der Waals surface area contributed by atoms with E-state index in [-0.39, 0.29) is 0 Å². The molecule has 2 aromatic rings. The van der Waals surface area contributed by atoms with Gasteiger partial charge in [-0.3, -0.25) is 0 Å². The second-order valence-electron chi connectivity index (χ2n) is 3.54. The zero-order chi connectivity index (χ0) is 12.6. The summed E-state index contributed by atoms with van der Waals surface area (Å²) in [5.74, 6) is 0.616. The summed E-state index contributed by atoms with van der Waals surface area (Å²) in [6.45, 7) is 0. The first kappa shape index (κ1) is 12.2. The molecule has 0 saturated carbocycles. The molecule has 0 spiro atoms. The molecule has 2 nitrogen and oxygen atoms in total. The number of hydrogen-bond donors (Lipinski definition) is 0. The molecular formula is C11H8BrF3N2. The third kappa shape index (κ3) is 2.36. The molecular weight excluding hydrogens is 297 g/mol.